The monoisotopic (exact) mass is 522 g/mol. The Kier molecular flexibility index (Phi) is 14.9. The van der Waals surface area contributed by atoms with Crippen molar-refractivity contribution in [1.82, 2.24) is 5.32 Å². The third kappa shape index (κ3) is 10.6. The number of allylic oxidation sites excluding steroid dienone is 5. The van der Waals surface area contributed by atoms with E-state index in [4.69, 9.17) is 4.99 Å². The van der Waals surface area contributed by atoms with E-state index in [2.05, 4.69) is 73.2 Å². The summed E-state index contributed by atoms with van der Waals surface area (Å²) in [4.78, 5) is 4.86. The SMILES string of the molecule is C=C(CCNCCCCCCCCC1C=NC(C[C@H](CCC)C(=C)C)C1)CC1C(C)=C(C)C(C)=C(C)C1C. The van der Waals surface area contributed by atoms with Gasteiger partial charge in [0.2, 0.25) is 0 Å². The smallest absolute Gasteiger partial charge is 0.0507 e. The molecule has 1 heterocycles. The molecule has 0 saturated heterocycles. The lowest BCUT2D eigenvalue weighted by Gasteiger charge is -2.34. The first-order valence-corrected chi connectivity index (χ1v) is 16.1. The number of hydrogen-bond donors (Lipinski definition) is 1. The number of hydrogen-bond acceptors (Lipinski definition) is 2. The van der Waals surface area contributed by atoms with Crippen LogP contribution in [0.1, 0.15) is 132 Å². The van der Waals surface area contributed by atoms with Gasteiger partial charge in [-0.2, -0.15) is 0 Å². The second-order valence-corrected chi connectivity index (χ2v) is 12.9. The van der Waals surface area contributed by atoms with E-state index in [-0.39, 0.29) is 0 Å². The summed E-state index contributed by atoms with van der Waals surface area (Å²) in [5.41, 5.74) is 8.91. The van der Waals surface area contributed by atoms with Crippen molar-refractivity contribution in [2.24, 2.45) is 28.7 Å². The van der Waals surface area contributed by atoms with Crippen molar-refractivity contribution in [2.45, 2.75) is 138 Å². The highest BCUT2D eigenvalue weighted by Gasteiger charge is 2.28. The van der Waals surface area contributed by atoms with E-state index in [0.717, 1.165) is 31.8 Å². The summed E-state index contributed by atoms with van der Waals surface area (Å²) in [6.45, 7) is 27.0. The van der Waals surface area contributed by atoms with Crippen LogP contribution in [0.3, 0.4) is 0 Å². The van der Waals surface area contributed by atoms with Crippen molar-refractivity contribution < 1.29 is 0 Å². The highest BCUT2D eigenvalue weighted by Crippen LogP contribution is 2.41. The minimum absolute atomic E-state index is 0.546. The van der Waals surface area contributed by atoms with Crippen molar-refractivity contribution in [1.29, 1.82) is 0 Å². The van der Waals surface area contributed by atoms with Gasteiger partial charge in [0.25, 0.3) is 0 Å². The first-order chi connectivity index (χ1) is 18.1. The fourth-order valence-corrected chi connectivity index (χ4v) is 6.69. The fraction of sp³-hybridized carbons (Fsp3) is 0.750. The van der Waals surface area contributed by atoms with Gasteiger partial charge >= 0.3 is 0 Å². The van der Waals surface area contributed by atoms with Crippen molar-refractivity contribution >= 4 is 6.21 Å². The zero-order valence-electron chi connectivity index (χ0n) is 26.4. The molecule has 2 rings (SSSR count). The molecule has 0 aromatic heterocycles. The molecule has 0 spiro atoms. The zero-order chi connectivity index (χ0) is 28.1. The molecule has 38 heavy (non-hydrogen) atoms. The molecule has 2 nitrogen and oxygen atoms in total. The molecule has 216 valence electrons. The van der Waals surface area contributed by atoms with Crippen molar-refractivity contribution in [2.75, 3.05) is 13.1 Å². The molecule has 0 aromatic rings. The van der Waals surface area contributed by atoms with Crippen LogP contribution in [0.15, 0.2) is 51.6 Å². The predicted octanol–water partition coefficient (Wildman–Crippen LogP) is 10.4. The fourth-order valence-electron chi connectivity index (χ4n) is 6.69. The molecule has 2 aliphatic rings. The number of aliphatic imine (C=N–C) groups is 1. The van der Waals surface area contributed by atoms with Crippen LogP contribution in [0, 0.1) is 23.7 Å². The van der Waals surface area contributed by atoms with E-state index >= 15 is 0 Å². The standard InChI is InChI=1S/C36H62N2/c1-10-17-34(26(2)3)24-35-23-33(25-38-35)18-15-13-11-12-14-16-20-37-21-19-27(4)22-36-31(8)29(6)28(5)30(7)32(36)9/h25,31,33-37H,2,4,10-24H2,1,3,5-9H3/t31?,33?,34-,35?,36?/m0/s1. The third-order valence-corrected chi connectivity index (χ3v) is 9.90. The van der Waals surface area contributed by atoms with Gasteiger partial charge in [0.05, 0.1) is 6.04 Å². The quantitative estimate of drug-likeness (QED) is 0.132. The lowest BCUT2D eigenvalue weighted by atomic mass is 9.71. The maximum absolute atomic E-state index is 4.86. The van der Waals surface area contributed by atoms with Gasteiger partial charge in [-0.3, -0.25) is 4.99 Å². The molecule has 1 N–H and O–H groups in total. The van der Waals surface area contributed by atoms with Gasteiger partial charge in [0, 0.05) is 6.21 Å². The van der Waals surface area contributed by atoms with Crippen LogP contribution < -0.4 is 5.32 Å². The molecular weight excluding hydrogens is 460 g/mol. The Balaban J connectivity index is 1.45. The number of rotatable bonds is 19. The maximum atomic E-state index is 4.86. The summed E-state index contributed by atoms with van der Waals surface area (Å²) in [5.74, 6) is 2.66. The molecule has 0 radical (unpaired) electrons. The molecule has 0 fully saturated rings. The van der Waals surface area contributed by atoms with E-state index in [0.29, 0.717) is 23.8 Å². The maximum Gasteiger partial charge on any atom is 0.0507 e. The summed E-state index contributed by atoms with van der Waals surface area (Å²) in [5, 5.41) is 3.67. The molecule has 0 aromatic carbocycles. The Hall–Kier alpha value is -1.41. The molecule has 4 unspecified atom stereocenters. The summed E-state index contributed by atoms with van der Waals surface area (Å²) in [7, 11) is 0. The van der Waals surface area contributed by atoms with Crippen LogP contribution in [-0.2, 0) is 0 Å². The first kappa shape index (κ1) is 32.8. The van der Waals surface area contributed by atoms with Crippen molar-refractivity contribution in [3.05, 3.63) is 46.6 Å². The Labute approximate surface area is 237 Å². The first-order valence-electron chi connectivity index (χ1n) is 16.1. The van der Waals surface area contributed by atoms with Crippen LogP contribution >= 0.6 is 0 Å². The number of unbranched alkanes of at least 4 members (excludes halogenated alkanes) is 5. The van der Waals surface area contributed by atoms with Gasteiger partial charge in [0.15, 0.2) is 0 Å². The molecule has 1 aliphatic heterocycles. The highest BCUT2D eigenvalue weighted by atomic mass is 14.8. The largest absolute Gasteiger partial charge is 0.316 e. The molecule has 5 atom stereocenters. The van der Waals surface area contributed by atoms with Crippen molar-refractivity contribution in [3.8, 4) is 0 Å². The number of nitrogens with one attached hydrogen (secondary N) is 1. The Morgan fingerprint density at radius 2 is 1.63 bits per heavy atom. The Morgan fingerprint density at radius 1 is 0.974 bits per heavy atom. The normalized spacial score (nSPS) is 24.4. The van der Waals surface area contributed by atoms with Crippen LogP contribution in [0.2, 0.25) is 0 Å². The van der Waals surface area contributed by atoms with Gasteiger partial charge in [-0.25, -0.2) is 0 Å². The predicted molar refractivity (Wildman–Crippen MR) is 171 cm³/mol. The number of nitrogens with zero attached hydrogens (tertiary/aromatic N) is 1. The van der Waals surface area contributed by atoms with Crippen LogP contribution in [-0.4, -0.2) is 25.3 Å². The van der Waals surface area contributed by atoms with Gasteiger partial charge < -0.3 is 5.32 Å². The zero-order valence-corrected chi connectivity index (χ0v) is 26.4. The average molecular weight is 523 g/mol. The molecule has 0 saturated carbocycles. The summed E-state index contributed by atoms with van der Waals surface area (Å²) < 4.78 is 0. The van der Waals surface area contributed by atoms with Crippen LogP contribution in [0.25, 0.3) is 0 Å². The Morgan fingerprint density at radius 3 is 2.32 bits per heavy atom. The van der Waals surface area contributed by atoms with Crippen LogP contribution in [0.5, 0.6) is 0 Å². The van der Waals surface area contributed by atoms with Gasteiger partial charge in [-0.1, -0.05) is 87.8 Å². The highest BCUT2D eigenvalue weighted by molar-refractivity contribution is 5.63. The second-order valence-electron chi connectivity index (χ2n) is 12.9. The van der Waals surface area contributed by atoms with E-state index < -0.39 is 0 Å². The lowest BCUT2D eigenvalue weighted by molar-refractivity contribution is 0.423. The van der Waals surface area contributed by atoms with Crippen LogP contribution in [0.4, 0.5) is 0 Å². The molecular formula is C36H62N2. The van der Waals surface area contributed by atoms with Gasteiger partial charge in [-0.05, 0) is 127 Å². The molecule has 1 aliphatic carbocycles. The summed E-state index contributed by atoms with van der Waals surface area (Å²) in [6.07, 6.45) is 19.0. The second kappa shape index (κ2) is 17.3. The van der Waals surface area contributed by atoms with E-state index in [1.165, 1.54) is 92.9 Å². The van der Waals surface area contributed by atoms with Crippen molar-refractivity contribution in [3.63, 3.8) is 0 Å². The minimum Gasteiger partial charge on any atom is -0.316 e. The van der Waals surface area contributed by atoms with E-state index in [1.54, 1.807) is 11.1 Å². The minimum atomic E-state index is 0.546. The third-order valence-electron chi connectivity index (χ3n) is 9.90. The Bertz CT molecular complexity index is 841. The summed E-state index contributed by atoms with van der Waals surface area (Å²) >= 11 is 0. The summed E-state index contributed by atoms with van der Waals surface area (Å²) in [6, 6.07) is 0.546. The topological polar surface area (TPSA) is 24.4 Å². The van der Waals surface area contributed by atoms with E-state index in [9.17, 15) is 0 Å². The lowest BCUT2D eigenvalue weighted by Crippen LogP contribution is -2.22. The van der Waals surface area contributed by atoms with E-state index in [1.807, 2.05) is 0 Å². The molecule has 0 bridgehead atoms. The molecule has 0 amide bonds. The van der Waals surface area contributed by atoms with Gasteiger partial charge in [-0.15, -0.1) is 0 Å². The van der Waals surface area contributed by atoms with Gasteiger partial charge in [0.1, 0.15) is 0 Å². The molecule has 2 heteroatoms. The average Bonchev–Trinajstić information content (AvgIpc) is 3.34.